The van der Waals surface area contributed by atoms with Gasteiger partial charge in [-0.3, -0.25) is 9.59 Å². The summed E-state index contributed by atoms with van der Waals surface area (Å²) in [5.74, 6) is -0.362. The van der Waals surface area contributed by atoms with Gasteiger partial charge in [0.1, 0.15) is 0 Å². The van der Waals surface area contributed by atoms with Crippen molar-refractivity contribution in [3.63, 3.8) is 0 Å². The number of nitrogens with one attached hydrogen (secondary N) is 2. The predicted octanol–water partition coefficient (Wildman–Crippen LogP) is 3.04. The lowest BCUT2D eigenvalue weighted by Crippen LogP contribution is -2.15. The minimum Gasteiger partial charge on any atom is -0.329 e. The monoisotopic (exact) mass is 326 g/mol. The number of hydrogen-bond donors (Lipinski definition) is 2. The van der Waals surface area contributed by atoms with Gasteiger partial charge in [-0.25, -0.2) is 0 Å². The van der Waals surface area contributed by atoms with E-state index in [9.17, 15) is 9.59 Å². The van der Waals surface area contributed by atoms with Gasteiger partial charge < -0.3 is 10.3 Å². The Morgan fingerprint density at radius 3 is 2.72 bits per heavy atom. The van der Waals surface area contributed by atoms with E-state index in [0.717, 1.165) is 4.47 Å². The molecule has 0 unspecified atom stereocenters. The number of amides is 1. The normalized spacial score (nSPS) is 10.1. The smallest absolute Gasteiger partial charge is 0.255 e. The first kappa shape index (κ1) is 12.9. The van der Waals surface area contributed by atoms with E-state index in [1.165, 1.54) is 18.3 Å². The van der Waals surface area contributed by atoms with Crippen LogP contribution in [0.2, 0.25) is 5.02 Å². The number of pyridine rings is 1. The Labute approximate surface area is 116 Å². The molecule has 2 rings (SSSR count). The number of carbonyl (C=O) groups excluding carboxylic acids is 1. The van der Waals surface area contributed by atoms with E-state index in [1.54, 1.807) is 18.2 Å². The zero-order valence-corrected chi connectivity index (χ0v) is 11.4. The summed E-state index contributed by atoms with van der Waals surface area (Å²) in [6.07, 6.45) is 1.42. The first-order chi connectivity index (χ1) is 8.56. The van der Waals surface area contributed by atoms with Crippen LogP contribution in [0.25, 0.3) is 0 Å². The summed E-state index contributed by atoms with van der Waals surface area (Å²) in [5, 5.41) is 3.16. The van der Waals surface area contributed by atoms with Crippen LogP contribution in [0, 0.1) is 0 Å². The number of aromatic amines is 1. The van der Waals surface area contributed by atoms with Crippen LogP contribution in [0.1, 0.15) is 10.4 Å². The third kappa shape index (κ3) is 3.00. The highest BCUT2D eigenvalue weighted by molar-refractivity contribution is 9.10. The second-order valence-corrected chi connectivity index (χ2v) is 4.79. The lowest BCUT2D eigenvalue weighted by Gasteiger charge is -2.06. The van der Waals surface area contributed by atoms with Crippen LogP contribution in [0.5, 0.6) is 0 Å². The van der Waals surface area contributed by atoms with Crippen LogP contribution in [0.15, 0.2) is 45.8 Å². The van der Waals surface area contributed by atoms with Gasteiger partial charge in [-0.2, -0.15) is 0 Å². The fraction of sp³-hybridized carbons (Fsp3) is 0. The van der Waals surface area contributed by atoms with Crippen molar-refractivity contribution in [3.8, 4) is 0 Å². The Morgan fingerprint density at radius 2 is 2.06 bits per heavy atom. The van der Waals surface area contributed by atoms with Gasteiger partial charge >= 0.3 is 0 Å². The largest absolute Gasteiger partial charge is 0.329 e. The Morgan fingerprint density at radius 1 is 1.28 bits per heavy atom. The molecule has 0 fully saturated rings. The summed E-state index contributed by atoms with van der Waals surface area (Å²) >= 11 is 9.18. The minimum atomic E-state index is -0.362. The van der Waals surface area contributed by atoms with Gasteiger partial charge in [0.25, 0.3) is 5.91 Å². The Kier molecular flexibility index (Phi) is 3.84. The van der Waals surface area contributed by atoms with E-state index in [2.05, 4.69) is 26.2 Å². The van der Waals surface area contributed by atoms with Gasteiger partial charge in [0.05, 0.1) is 5.02 Å². The van der Waals surface area contributed by atoms with Crippen molar-refractivity contribution in [2.75, 3.05) is 5.32 Å². The summed E-state index contributed by atoms with van der Waals surface area (Å²) in [6.45, 7) is 0. The molecular weight excluding hydrogens is 320 g/mol. The van der Waals surface area contributed by atoms with Crippen LogP contribution in [-0.2, 0) is 0 Å². The number of aromatic nitrogens is 1. The maximum Gasteiger partial charge on any atom is 0.255 e. The van der Waals surface area contributed by atoms with Gasteiger partial charge in [0.15, 0.2) is 0 Å². The molecule has 2 aromatic rings. The van der Waals surface area contributed by atoms with E-state index in [0.29, 0.717) is 10.7 Å². The lowest BCUT2D eigenvalue weighted by atomic mass is 10.2. The topological polar surface area (TPSA) is 62.0 Å². The maximum absolute atomic E-state index is 11.8. The Balaban J connectivity index is 2.21. The van der Waals surface area contributed by atoms with Crippen molar-refractivity contribution in [3.05, 3.63) is 61.9 Å². The highest BCUT2D eigenvalue weighted by atomic mass is 79.9. The predicted molar refractivity (Wildman–Crippen MR) is 74.2 cm³/mol. The Bertz CT molecular complexity index is 655. The van der Waals surface area contributed by atoms with Crippen LogP contribution in [0.4, 0.5) is 5.69 Å². The summed E-state index contributed by atoms with van der Waals surface area (Å²) in [5.41, 5.74) is 0.530. The molecule has 0 aliphatic heterocycles. The van der Waals surface area contributed by atoms with Crippen molar-refractivity contribution in [2.45, 2.75) is 0 Å². The number of carbonyl (C=O) groups is 1. The molecule has 0 aliphatic carbocycles. The molecule has 1 heterocycles. The molecule has 0 aliphatic rings. The molecule has 18 heavy (non-hydrogen) atoms. The number of hydrogen-bond acceptors (Lipinski definition) is 2. The second-order valence-electron chi connectivity index (χ2n) is 3.52. The number of H-pyrrole nitrogens is 1. The quantitative estimate of drug-likeness (QED) is 0.890. The Hall–Kier alpha value is -1.59. The van der Waals surface area contributed by atoms with Crippen LogP contribution in [-0.4, -0.2) is 10.9 Å². The lowest BCUT2D eigenvalue weighted by molar-refractivity contribution is 0.102. The van der Waals surface area contributed by atoms with Gasteiger partial charge in [-0.15, -0.1) is 0 Å². The SMILES string of the molecule is O=C(Nc1ccc(Br)c(Cl)c1)c1cc[nH]c(=O)c1. The minimum absolute atomic E-state index is 0.290. The molecule has 1 aromatic heterocycles. The molecular formula is C12H8BrClN2O2. The van der Waals surface area contributed by atoms with Crippen molar-refractivity contribution in [1.82, 2.24) is 4.98 Å². The molecule has 0 radical (unpaired) electrons. The summed E-state index contributed by atoms with van der Waals surface area (Å²) in [4.78, 5) is 25.4. The highest BCUT2D eigenvalue weighted by Crippen LogP contribution is 2.25. The van der Waals surface area contributed by atoms with Crippen molar-refractivity contribution in [2.24, 2.45) is 0 Å². The molecule has 0 atom stereocenters. The van der Waals surface area contributed by atoms with Crippen molar-refractivity contribution < 1.29 is 4.79 Å². The van der Waals surface area contributed by atoms with E-state index in [-0.39, 0.29) is 17.0 Å². The fourth-order valence-corrected chi connectivity index (χ4v) is 1.79. The van der Waals surface area contributed by atoms with Crippen molar-refractivity contribution >= 4 is 39.1 Å². The van der Waals surface area contributed by atoms with E-state index >= 15 is 0 Å². The molecule has 92 valence electrons. The molecule has 6 heteroatoms. The molecule has 2 N–H and O–H groups in total. The molecule has 0 spiro atoms. The highest BCUT2D eigenvalue weighted by Gasteiger charge is 2.07. The molecule has 0 saturated heterocycles. The number of halogens is 2. The second kappa shape index (κ2) is 5.37. The number of benzene rings is 1. The first-order valence-electron chi connectivity index (χ1n) is 5.01. The number of anilines is 1. The van der Waals surface area contributed by atoms with Crippen LogP contribution < -0.4 is 10.9 Å². The first-order valence-corrected chi connectivity index (χ1v) is 6.18. The van der Waals surface area contributed by atoms with Crippen LogP contribution >= 0.6 is 27.5 Å². The molecule has 0 bridgehead atoms. The van der Waals surface area contributed by atoms with Gasteiger partial charge in [0.2, 0.25) is 5.56 Å². The molecule has 4 nitrogen and oxygen atoms in total. The zero-order chi connectivity index (χ0) is 13.1. The number of rotatable bonds is 2. The maximum atomic E-state index is 11.8. The third-order valence-electron chi connectivity index (χ3n) is 2.21. The summed E-state index contributed by atoms with van der Waals surface area (Å²) < 4.78 is 0.748. The van der Waals surface area contributed by atoms with Gasteiger partial charge in [-0.1, -0.05) is 11.6 Å². The average Bonchev–Trinajstić information content (AvgIpc) is 2.34. The molecule has 1 amide bonds. The fourth-order valence-electron chi connectivity index (χ4n) is 1.36. The summed E-state index contributed by atoms with van der Waals surface area (Å²) in [7, 11) is 0. The van der Waals surface area contributed by atoms with Gasteiger partial charge in [-0.05, 0) is 40.2 Å². The molecule has 0 saturated carbocycles. The average molecular weight is 328 g/mol. The standard InChI is InChI=1S/C12H8BrClN2O2/c13-9-2-1-8(6-10(9)14)16-12(18)7-3-4-15-11(17)5-7/h1-6H,(H,15,17)(H,16,18). The van der Waals surface area contributed by atoms with E-state index in [4.69, 9.17) is 11.6 Å². The van der Waals surface area contributed by atoms with Crippen molar-refractivity contribution in [1.29, 1.82) is 0 Å². The zero-order valence-electron chi connectivity index (χ0n) is 9.04. The van der Waals surface area contributed by atoms with E-state index < -0.39 is 0 Å². The van der Waals surface area contributed by atoms with Crippen LogP contribution in [0.3, 0.4) is 0 Å². The molecule has 1 aromatic carbocycles. The third-order valence-corrected chi connectivity index (χ3v) is 3.45. The van der Waals surface area contributed by atoms with E-state index in [1.807, 2.05) is 0 Å². The van der Waals surface area contributed by atoms with Gasteiger partial charge in [0, 0.05) is 28.0 Å². The summed E-state index contributed by atoms with van der Waals surface area (Å²) in [6, 6.07) is 7.82.